The molecule has 0 spiro atoms. The molecule has 3 rings (SSSR count). The topological polar surface area (TPSA) is 57.6 Å². The second-order valence-corrected chi connectivity index (χ2v) is 7.04. The predicted molar refractivity (Wildman–Crippen MR) is 99.6 cm³/mol. The molecular formula is C20H18FNO3S. The van der Waals surface area contributed by atoms with Crippen LogP contribution in [0.2, 0.25) is 0 Å². The van der Waals surface area contributed by atoms with Gasteiger partial charge in [-0.2, -0.15) is 0 Å². The first-order valence-electron chi connectivity index (χ1n) is 8.17. The van der Waals surface area contributed by atoms with E-state index in [-0.39, 0.29) is 18.7 Å². The van der Waals surface area contributed by atoms with Crippen LogP contribution in [0.15, 0.2) is 53.4 Å². The van der Waals surface area contributed by atoms with Gasteiger partial charge in [0.1, 0.15) is 5.82 Å². The summed E-state index contributed by atoms with van der Waals surface area (Å²) in [7, 11) is 0. The Labute approximate surface area is 155 Å². The van der Waals surface area contributed by atoms with Crippen LogP contribution in [0.3, 0.4) is 0 Å². The van der Waals surface area contributed by atoms with E-state index in [1.165, 1.54) is 6.07 Å². The standard InChI is InChI=1S/C20H18FNO3S/c1-13-6-8-14(9-7-13)17-18(26-11-10-23)20(25)22(19(17)24)12-15-4-2-3-5-16(15)21/h2-9,23H,10-12H2,1H3. The van der Waals surface area contributed by atoms with Gasteiger partial charge in [-0.3, -0.25) is 14.5 Å². The number of carbonyl (C=O) groups excluding carboxylic acids is 2. The maximum Gasteiger partial charge on any atom is 0.268 e. The second-order valence-electron chi connectivity index (χ2n) is 5.93. The van der Waals surface area contributed by atoms with Crippen LogP contribution in [0, 0.1) is 12.7 Å². The summed E-state index contributed by atoms with van der Waals surface area (Å²) in [5.74, 6) is -1.05. The van der Waals surface area contributed by atoms with Crippen molar-refractivity contribution in [3.8, 4) is 0 Å². The Morgan fingerprint density at radius 2 is 1.73 bits per heavy atom. The van der Waals surface area contributed by atoms with Crippen LogP contribution in [0.1, 0.15) is 16.7 Å². The van der Waals surface area contributed by atoms with E-state index in [1.54, 1.807) is 30.3 Å². The van der Waals surface area contributed by atoms with Crippen molar-refractivity contribution in [1.29, 1.82) is 0 Å². The molecular weight excluding hydrogens is 353 g/mol. The number of nitrogens with zero attached hydrogens (tertiary/aromatic N) is 1. The third kappa shape index (κ3) is 3.57. The molecule has 0 saturated carbocycles. The molecule has 0 atom stereocenters. The van der Waals surface area contributed by atoms with E-state index in [9.17, 15) is 14.0 Å². The van der Waals surface area contributed by atoms with Crippen molar-refractivity contribution in [3.63, 3.8) is 0 Å². The maximum absolute atomic E-state index is 14.0. The Hall–Kier alpha value is -2.44. The summed E-state index contributed by atoms with van der Waals surface area (Å²) in [4.78, 5) is 27.1. The maximum atomic E-state index is 14.0. The fourth-order valence-corrected chi connectivity index (χ4v) is 3.63. The van der Waals surface area contributed by atoms with Gasteiger partial charge >= 0.3 is 0 Å². The van der Waals surface area contributed by atoms with Crippen molar-refractivity contribution < 1.29 is 19.1 Å². The minimum atomic E-state index is -0.457. The number of benzene rings is 2. The second kappa shape index (κ2) is 7.85. The molecule has 0 unspecified atom stereocenters. The predicted octanol–water partition coefficient (Wildman–Crippen LogP) is 3.14. The van der Waals surface area contributed by atoms with Gasteiger partial charge in [0.05, 0.1) is 23.6 Å². The molecule has 2 aromatic rings. The largest absolute Gasteiger partial charge is 0.396 e. The van der Waals surface area contributed by atoms with E-state index >= 15 is 0 Å². The molecule has 6 heteroatoms. The summed E-state index contributed by atoms with van der Waals surface area (Å²) in [5.41, 5.74) is 2.28. The van der Waals surface area contributed by atoms with Crippen LogP contribution in [0.4, 0.5) is 4.39 Å². The molecule has 134 valence electrons. The molecule has 0 aromatic heterocycles. The van der Waals surface area contributed by atoms with E-state index in [4.69, 9.17) is 5.11 Å². The van der Waals surface area contributed by atoms with Gasteiger partial charge in [0.15, 0.2) is 0 Å². The van der Waals surface area contributed by atoms with Gasteiger partial charge in [-0.25, -0.2) is 4.39 Å². The Bertz CT molecular complexity index is 877. The molecule has 0 aliphatic carbocycles. The SMILES string of the molecule is Cc1ccc(C2=C(SCCO)C(=O)N(Cc3ccccc3F)C2=O)cc1. The number of aryl methyl sites for hydroxylation is 1. The first-order chi connectivity index (χ1) is 12.5. The number of halogens is 1. The Morgan fingerprint density at radius 3 is 2.38 bits per heavy atom. The van der Waals surface area contributed by atoms with E-state index < -0.39 is 17.6 Å². The van der Waals surface area contributed by atoms with Gasteiger partial charge in [0.25, 0.3) is 11.8 Å². The number of hydrogen-bond donors (Lipinski definition) is 1. The minimum Gasteiger partial charge on any atom is -0.396 e. The van der Waals surface area contributed by atoms with Gasteiger partial charge in [0, 0.05) is 11.3 Å². The normalized spacial score (nSPS) is 14.5. The zero-order valence-corrected chi connectivity index (χ0v) is 15.1. The smallest absolute Gasteiger partial charge is 0.268 e. The lowest BCUT2D eigenvalue weighted by Gasteiger charge is -2.15. The summed E-state index contributed by atoms with van der Waals surface area (Å²) >= 11 is 1.15. The number of carbonyl (C=O) groups is 2. The monoisotopic (exact) mass is 371 g/mol. The zero-order valence-electron chi connectivity index (χ0n) is 14.2. The van der Waals surface area contributed by atoms with Gasteiger partial charge < -0.3 is 5.11 Å². The highest BCUT2D eigenvalue weighted by Crippen LogP contribution is 2.36. The summed E-state index contributed by atoms with van der Waals surface area (Å²) in [6.45, 7) is 1.71. The summed E-state index contributed by atoms with van der Waals surface area (Å²) in [6.07, 6.45) is 0. The lowest BCUT2D eigenvalue weighted by molar-refractivity contribution is -0.137. The van der Waals surface area contributed by atoms with Crippen LogP contribution >= 0.6 is 11.8 Å². The van der Waals surface area contributed by atoms with Crippen LogP contribution in [-0.4, -0.2) is 34.2 Å². The molecule has 1 heterocycles. The van der Waals surface area contributed by atoms with E-state index in [1.807, 2.05) is 19.1 Å². The number of rotatable bonds is 6. The fraction of sp³-hybridized carbons (Fsp3) is 0.200. The van der Waals surface area contributed by atoms with Crippen molar-refractivity contribution in [2.75, 3.05) is 12.4 Å². The lowest BCUT2D eigenvalue weighted by atomic mass is 10.0. The molecule has 0 fully saturated rings. The quantitative estimate of drug-likeness (QED) is 0.793. The molecule has 0 saturated heterocycles. The van der Waals surface area contributed by atoms with Crippen molar-refractivity contribution in [1.82, 2.24) is 4.90 Å². The molecule has 0 radical (unpaired) electrons. The van der Waals surface area contributed by atoms with Gasteiger partial charge in [-0.15, -0.1) is 11.8 Å². The zero-order chi connectivity index (χ0) is 18.7. The highest BCUT2D eigenvalue weighted by atomic mass is 32.2. The lowest BCUT2D eigenvalue weighted by Crippen LogP contribution is -2.31. The first kappa shape index (κ1) is 18.4. The highest BCUT2D eigenvalue weighted by molar-refractivity contribution is 8.04. The molecule has 1 aliphatic heterocycles. The van der Waals surface area contributed by atoms with Gasteiger partial charge in [0.2, 0.25) is 0 Å². The van der Waals surface area contributed by atoms with E-state index in [0.29, 0.717) is 21.8 Å². The van der Waals surface area contributed by atoms with Crippen molar-refractivity contribution in [2.24, 2.45) is 0 Å². The number of amides is 2. The number of aliphatic hydroxyl groups excluding tert-OH is 1. The van der Waals surface area contributed by atoms with Crippen molar-refractivity contribution in [3.05, 3.63) is 75.9 Å². The Morgan fingerprint density at radius 1 is 1.04 bits per heavy atom. The van der Waals surface area contributed by atoms with Crippen molar-refractivity contribution >= 4 is 29.1 Å². The van der Waals surface area contributed by atoms with Gasteiger partial charge in [-0.1, -0.05) is 48.0 Å². The molecule has 26 heavy (non-hydrogen) atoms. The average Bonchev–Trinajstić information content (AvgIpc) is 2.86. The minimum absolute atomic E-state index is 0.107. The molecule has 4 nitrogen and oxygen atoms in total. The van der Waals surface area contributed by atoms with E-state index in [2.05, 4.69) is 0 Å². The third-order valence-electron chi connectivity index (χ3n) is 4.09. The number of hydrogen-bond acceptors (Lipinski definition) is 4. The van der Waals surface area contributed by atoms with Crippen LogP contribution in [0.5, 0.6) is 0 Å². The molecule has 2 amide bonds. The third-order valence-corrected chi connectivity index (χ3v) is 5.14. The Kier molecular flexibility index (Phi) is 5.54. The van der Waals surface area contributed by atoms with E-state index in [0.717, 1.165) is 22.2 Å². The number of imide groups is 1. The highest BCUT2D eigenvalue weighted by Gasteiger charge is 2.39. The van der Waals surface area contributed by atoms with Crippen molar-refractivity contribution in [2.45, 2.75) is 13.5 Å². The van der Waals surface area contributed by atoms with Crippen LogP contribution in [0.25, 0.3) is 5.57 Å². The molecule has 2 aromatic carbocycles. The summed E-state index contributed by atoms with van der Waals surface area (Å²) in [6, 6.07) is 13.4. The first-order valence-corrected chi connectivity index (χ1v) is 9.16. The molecule has 1 aliphatic rings. The summed E-state index contributed by atoms with van der Waals surface area (Å²) < 4.78 is 14.0. The molecule has 1 N–H and O–H groups in total. The molecule has 0 bridgehead atoms. The van der Waals surface area contributed by atoms with Crippen LogP contribution < -0.4 is 0 Å². The van der Waals surface area contributed by atoms with Gasteiger partial charge in [-0.05, 0) is 18.6 Å². The average molecular weight is 371 g/mol. The Balaban J connectivity index is 1.97. The number of thioether (sulfide) groups is 1. The van der Waals surface area contributed by atoms with Crippen LogP contribution in [-0.2, 0) is 16.1 Å². The number of aliphatic hydroxyl groups is 1. The fourth-order valence-electron chi connectivity index (χ4n) is 2.75. The summed E-state index contributed by atoms with van der Waals surface area (Å²) in [5, 5.41) is 9.11.